The average Bonchev–Trinajstić information content (AvgIpc) is 2.46. The zero-order valence-electron chi connectivity index (χ0n) is 10.9. The molecule has 0 aliphatic heterocycles. The van der Waals surface area contributed by atoms with E-state index in [9.17, 15) is 5.11 Å². The Kier molecular flexibility index (Phi) is 3.90. The molecule has 2 aromatic carbocycles. The molecular formula is C17H18OS. The van der Waals surface area contributed by atoms with Crippen molar-refractivity contribution < 1.29 is 5.11 Å². The first-order chi connectivity index (χ1) is 9.33. The molecular weight excluding hydrogens is 252 g/mol. The Morgan fingerprint density at radius 2 is 1.95 bits per heavy atom. The van der Waals surface area contributed by atoms with Gasteiger partial charge in [-0.05, 0) is 48.1 Å². The third-order valence-corrected chi connectivity index (χ3v) is 4.71. The van der Waals surface area contributed by atoms with Crippen molar-refractivity contribution in [3.63, 3.8) is 0 Å². The third-order valence-electron chi connectivity index (χ3n) is 3.65. The first kappa shape index (κ1) is 12.8. The van der Waals surface area contributed by atoms with E-state index in [1.54, 1.807) is 0 Å². The molecule has 0 saturated heterocycles. The molecule has 3 rings (SSSR count). The normalized spacial score (nSPS) is 18.1. The van der Waals surface area contributed by atoms with Crippen LogP contribution in [0.3, 0.4) is 0 Å². The quantitative estimate of drug-likeness (QED) is 0.837. The summed E-state index contributed by atoms with van der Waals surface area (Å²) in [6.07, 6.45) is 2.85. The van der Waals surface area contributed by atoms with E-state index in [4.69, 9.17) is 0 Å². The molecule has 1 unspecified atom stereocenters. The van der Waals surface area contributed by atoms with E-state index in [-0.39, 0.29) is 6.10 Å². The van der Waals surface area contributed by atoms with Crippen molar-refractivity contribution in [2.24, 2.45) is 0 Å². The van der Waals surface area contributed by atoms with Gasteiger partial charge in [0.25, 0.3) is 0 Å². The van der Waals surface area contributed by atoms with E-state index >= 15 is 0 Å². The van der Waals surface area contributed by atoms with Crippen LogP contribution >= 0.6 is 11.8 Å². The maximum absolute atomic E-state index is 9.95. The van der Waals surface area contributed by atoms with Crippen LogP contribution in [0.2, 0.25) is 0 Å². The molecule has 2 aromatic rings. The van der Waals surface area contributed by atoms with Gasteiger partial charge in [-0.1, -0.05) is 36.4 Å². The Labute approximate surface area is 118 Å². The lowest BCUT2D eigenvalue weighted by atomic mass is 9.90. The van der Waals surface area contributed by atoms with Crippen LogP contribution < -0.4 is 0 Å². The standard InChI is InChI=1S/C17H18OS/c18-17-8-4-7-14-11-15(9-10-16(14)17)19-12-13-5-2-1-3-6-13/h1-3,5-6,9-11,17-18H,4,7-8,12H2. The number of hydrogen-bond acceptors (Lipinski definition) is 2. The smallest absolute Gasteiger partial charge is 0.0792 e. The maximum atomic E-state index is 9.95. The second kappa shape index (κ2) is 5.81. The van der Waals surface area contributed by atoms with Gasteiger partial charge in [0.05, 0.1) is 6.10 Å². The van der Waals surface area contributed by atoms with Gasteiger partial charge < -0.3 is 5.11 Å². The van der Waals surface area contributed by atoms with E-state index in [2.05, 4.69) is 48.5 Å². The summed E-state index contributed by atoms with van der Waals surface area (Å²) < 4.78 is 0. The summed E-state index contributed by atoms with van der Waals surface area (Å²) >= 11 is 1.87. The number of aliphatic hydroxyl groups excluding tert-OH is 1. The molecule has 19 heavy (non-hydrogen) atoms. The van der Waals surface area contributed by atoms with Gasteiger partial charge >= 0.3 is 0 Å². The summed E-state index contributed by atoms with van der Waals surface area (Å²) in [7, 11) is 0. The monoisotopic (exact) mass is 270 g/mol. The van der Waals surface area contributed by atoms with E-state index < -0.39 is 0 Å². The molecule has 0 radical (unpaired) electrons. The number of benzene rings is 2. The summed E-state index contributed by atoms with van der Waals surface area (Å²) in [5.41, 5.74) is 3.82. The van der Waals surface area contributed by atoms with Gasteiger partial charge in [0, 0.05) is 10.6 Å². The summed E-state index contributed by atoms with van der Waals surface area (Å²) in [6, 6.07) is 17.0. The van der Waals surface area contributed by atoms with E-state index in [0.29, 0.717) is 0 Å². The van der Waals surface area contributed by atoms with Gasteiger partial charge in [0.15, 0.2) is 0 Å². The zero-order chi connectivity index (χ0) is 13.1. The first-order valence-electron chi connectivity index (χ1n) is 6.80. The Morgan fingerprint density at radius 1 is 1.11 bits per heavy atom. The van der Waals surface area contributed by atoms with Crippen molar-refractivity contribution in [3.05, 3.63) is 65.2 Å². The number of rotatable bonds is 3. The second-order valence-corrected chi connectivity index (χ2v) is 6.09. The van der Waals surface area contributed by atoms with E-state index in [1.165, 1.54) is 16.0 Å². The third kappa shape index (κ3) is 3.02. The summed E-state index contributed by atoms with van der Waals surface area (Å²) in [5.74, 6) is 1.00. The van der Waals surface area contributed by atoms with Crippen LogP contribution in [0.25, 0.3) is 0 Å². The van der Waals surface area contributed by atoms with Crippen LogP contribution in [0.5, 0.6) is 0 Å². The predicted octanol–water partition coefficient (Wildman–Crippen LogP) is 4.35. The molecule has 1 aliphatic carbocycles. The minimum absolute atomic E-state index is 0.253. The average molecular weight is 270 g/mol. The molecule has 98 valence electrons. The van der Waals surface area contributed by atoms with Crippen molar-refractivity contribution in [3.8, 4) is 0 Å². The Bertz CT molecular complexity index is 550. The Hall–Kier alpha value is -1.25. The highest BCUT2D eigenvalue weighted by Crippen LogP contribution is 2.33. The van der Waals surface area contributed by atoms with E-state index in [0.717, 1.165) is 30.6 Å². The second-order valence-electron chi connectivity index (χ2n) is 5.04. The Balaban J connectivity index is 1.72. The summed E-state index contributed by atoms with van der Waals surface area (Å²) in [6.45, 7) is 0. The molecule has 0 spiro atoms. The molecule has 0 heterocycles. The maximum Gasteiger partial charge on any atom is 0.0792 e. The zero-order valence-corrected chi connectivity index (χ0v) is 11.7. The van der Waals surface area contributed by atoms with Crippen molar-refractivity contribution in [1.29, 1.82) is 0 Å². The Morgan fingerprint density at radius 3 is 2.79 bits per heavy atom. The van der Waals surface area contributed by atoms with Gasteiger partial charge in [-0.2, -0.15) is 0 Å². The van der Waals surface area contributed by atoms with Crippen molar-refractivity contribution in [2.45, 2.75) is 36.0 Å². The highest BCUT2D eigenvalue weighted by Gasteiger charge is 2.17. The molecule has 0 aromatic heterocycles. The molecule has 0 bridgehead atoms. The molecule has 2 heteroatoms. The van der Waals surface area contributed by atoms with Gasteiger partial charge in [-0.3, -0.25) is 0 Å². The predicted molar refractivity (Wildman–Crippen MR) is 80.3 cm³/mol. The van der Waals surface area contributed by atoms with Crippen molar-refractivity contribution in [1.82, 2.24) is 0 Å². The van der Waals surface area contributed by atoms with Crippen LogP contribution in [0.1, 0.15) is 35.6 Å². The molecule has 1 N–H and O–H groups in total. The summed E-state index contributed by atoms with van der Waals surface area (Å²) in [4.78, 5) is 1.30. The van der Waals surface area contributed by atoms with Crippen LogP contribution in [0.15, 0.2) is 53.4 Å². The largest absolute Gasteiger partial charge is 0.388 e. The topological polar surface area (TPSA) is 20.2 Å². The fraction of sp³-hybridized carbons (Fsp3) is 0.294. The molecule has 0 fully saturated rings. The van der Waals surface area contributed by atoms with Gasteiger partial charge in [-0.25, -0.2) is 0 Å². The number of hydrogen-bond donors (Lipinski definition) is 1. The minimum Gasteiger partial charge on any atom is -0.388 e. The molecule has 0 saturated carbocycles. The fourth-order valence-corrected chi connectivity index (χ4v) is 3.51. The highest BCUT2D eigenvalue weighted by atomic mass is 32.2. The number of aryl methyl sites for hydroxylation is 1. The lowest BCUT2D eigenvalue weighted by molar-refractivity contribution is 0.156. The number of thioether (sulfide) groups is 1. The van der Waals surface area contributed by atoms with Crippen LogP contribution in [-0.4, -0.2) is 5.11 Å². The van der Waals surface area contributed by atoms with Gasteiger partial charge in [-0.15, -0.1) is 11.8 Å². The molecule has 0 amide bonds. The molecule has 1 atom stereocenters. The number of fused-ring (bicyclic) bond motifs is 1. The lowest BCUT2D eigenvalue weighted by Gasteiger charge is -2.21. The van der Waals surface area contributed by atoms with Crippen LogP contribution in [0.4, 0.5) is 0 Å². The van der Waals surface area contributed by atoms with Crippen molar-refractivity contribution in [2.75, 3.05) is 0 Å². The SMILES string of the molecule is OC1CCCc2cc(SCc3ccccc3)ccc21. The molecule has 1 aliphatic rings. The number of aliphatic hydroxyl groups is 1. The van der Waals surface area contributed by atoms with Gasteiger partial charge in [0.2, 0.25) is 0 Å². The van der Waals surface area contributed by atoms with Crippen LogP contribution in [-0.2, 0) is 12.2 Å². The fourth-order valence-electron chi connectivity index (χ4n) is 2.60. The highest BCUT2D eigenvalue weighted by molar-refractivity contribution is 7.98. The van der Waals surface area contributed by atoms with E-state index in [1.807, 2.05) is 11.8 Å². The van der Waals surface area contributed by atoms with Crippen molar-refractivity contribution >= 4 is 11.8 Å². The van der Waals surface area contributed by atoms with Crippen LogP contribution in [0, 0.1) is 0 Å². The molecule has 1 nitrogen and oxygen atoms in total. The van der Waals surface area contributed by atoms with Gasteiger partial charge in [0.1, 0.15) is 0 Å². The first-order valence-corrected chi connectivity index (χ1v) is 7.79. The minimum atomic E-state index is -0.253. The lowest BCUT2D eigenvalue weighted by Crippen LogP contribution is -2.08. The summed E-state index contributed by atoms with van der Waals surface area (Å²) in [5, 5.41) is 9.95.